The molecule has 1 fully saturated rings. The lowest BCUT2D eigenvalue weighted by Crippen LogP contribution is -2.19. The number of hydrogen-bond donors (Lipinski definition) is 1. The maximum atomic E-state index is 12.7. The highest BCUT2D eigenvalue weighted by Gasteiger charge is 2.33. The second-order valence-electron chi connectivity index (χ2n) is 4.31. The number of nitrogens with one attached hydrogen (secondary N) is 1. The second-order valence-corrected chi connectivity index (χ2v) is 4.31. The van der Waals surface area contributed by atoms with E-state index >= 15 is 0 Å². The van der Waals surface area contributed by atoms with Crippen LogP contribution in [-0.2, 0) is 12.7 Å². The molecule has 1 nitrogen and oxygen atoms in total. The van der Waals surface area contributed by atoms with E-state index in [1.54, 1.807) is 13.0 Å². The molecule has 1 aliphatic rings. The molecule has 0 aliphatic heterocycles. The van der Waals surface area contributed by atoms with Gasteiger partial charge >= 0.3 is 6.18 Å². The molecule has 4 heteroatoms. The van der Waals surface area contributed by atoms with Crippen molar-refractivity contribution in [1.82, 2.24) is 5.32 Å². The Morgan fingerprint density at radius 1 is 1.31 bits per heavy atom. The molecule has 0 heterocycles. The molecule has 88 valence electrons. The van der Waals surface area contributed by atoms with Gasteiger partial charge in [0.1, 0.15) is 0 Å². The standard InChI is InChI=1S/C12H14F3N/c1-8-2-5-11(12(13,14)15)9(6-8)7-16-10-3-4-10/h2,5-6,10,16H,3-4,7H2,1H3. The Morgan fingerprint density at radius 3 is 2.56 bits per heavy atom. The van der Waals surface area contributed by atoms with Gasteiger partial charge in [-0.05, 0) is 31.4 Å². The van der Waals surface area contributed by atoms with Crippen LogP contribution < -0.4 is 5.32 Å². The molecule has 0 atom stereocenters. The van der Waals surface area contributed by atoms with Gasteiger partial charge in [-0.1, -0.05) is 17.7 Å². The number of halogens is 3. The molecule has 2 rings (SSSR count). The zero-order valence-corrected chi connectivity index (χ0v) is 9.06. The van der Waals surface area contributed by atoms with E-state index in [0.29, 0.717) is 18.2 Å². The van der Waals surface area contributed by atoms with Crippen LogP contribution in [0.1, 0.15) is 29.5 Å². The lowest BCUT2D eigenvalue weighted by atomic mass is 10.0. The SMILES string of the molecule is Cc1ccc(C(F)(F)F)c(CNC2CC2)c1. The molecule has 1 aromatic carbocycles. The average Bonchev–Trinajstić information content (AvgIpc) is 2.96. The second kappa shape index (κ2) is 4.09. The van der Waals surface area contributed by atoms with Crippen LogP contribution in [0.25, 0.3) is 0 Å². The molecule has 1 saturated carbocycles. The van der Waals surface area contributed by atoms with Crippen molar-refractivity contribution < 1.29 is 13.2 Å². The van der Waals surface area contributed by atoms with Gasteiger partial charge in [-0.2, -0.15) is 13.2 Å². The normalized spacial score (nSPS) is 16.5. The van der Waals surface area contributed by atoms with Crippen LogP contribution in [0.2, 0.25) is 0 Å². The van der Waals surface area contributed by atoms with E-state index in [9.17, 15) is 13.2 Å². The average molecular weight is 229 g/mol. The Bertz CT molecular complexity index is 380. The Balaban J connectivity index is 2.20. The van der Waals surface area contributed by atoms with E-state index in [1.807, 2.05) is 0 Å². The number of alkyl halides is 3. The van der Waals surface area contributed by atoms with Crippen molar-refractivity contribution in [2.75, 3.05) is 0 Å². The molecule has 16 heavy (non-hydrogen) atoms. The largest absolute Gasteiger partial charge is 0.416 e. The van der Waals surface area contributed by atoms with Crippen molar-refractivity contribution in [1.29, 1.82) is 0 Å². The molecular weight excluding hydrogens is 215 g/mol. The summed E-state index contributed by atoms with van der Waals surface area (Å²) in [7, 11) is 0. The maximum Gasteiger partial charge on any atom is 0.416 e. The topological polar surface area (TPSA) is 12.0 Å². The molecule has 0 aromatic heterocycles. The molecule has 0 spiro atoms. The summed E-state index contributed by atoms with van der Waals surface area (Å²) < 4.78 is 38.1. The minimum absolute atomic E-state index is 0.307. The van der Waals surface area contributed by atoms with Crippen molar-refractivity contribution in [3.05, 3.63) is 34.9 Å². The number of benzene rings is 1. The first-order valence-electron chi connectivity index (χ1n) is 5.37. The van der Waals surface area contributed by atoms with Crippen molar-refractivity contribution in [2.24, 2.45) is 0 Å². The smallest absolute Gasteiger partial charge is 0.310 e. The Hall–Kier alpha value is -1.03. The van der Waals surface area contributed by atoms with Gasteiger partial charge in [-0.3, -0.25) is 0 Å². The van der Waals surface area contributed by atoms with Gasteiger partial charge in [-0.25, -0.2) is 0 Å². The lowest BCUT2D eigenvalue weighted by molar-refractivity contribution is -0.138. The zero-order chi connectivity index (χ0) is 11.8. The third-order valence-electron chi connectivity index (χ3n) is 2.72. The van der Waals surface area contributed by atoms with Gasteiger partial charge in [0.05, 0.1) is 5.56 Å². The van der Waals surface area contributed by atoms with Gasteiger partial charge in [0.2, 0.25) is 0 Å². The highest BCUT2D eigenvalue weighted by Crippen LogP contribution is 2.32. The molecule has 0 amide bonds. The van der Waals surface area contributed by atoms with Gasteiger partial charge in [0.15, 0.2) is 0 Å². The van der Waals surface area contributed by atoms with Crippen LogP contribution in [-0.4, -0.2) is 6.04 Å². The quantitative estimate of drug-likeness (QED) is 0.838. The van der Waals surface area contributed by atoms with Crippen molar-refractivity contribution >= 4 is 0 Å². The van der Waals surface area contributed by atoms with Gasteiger partial charge < -0.3 is 5.32 Å². The molecule has 0 bridgehead atoms. The predicted molar refractivity (Wildman–Crippen MR) is 56.0 cm³/mol. The van der Waals surface area contributed by atoms with E-state index < -0.39 is 11.7 Å². The first-order valence-corrected chi connectivity index (χ1v) is 5.37. The summed E-state index contributed by atoms with van der Waals surface area (Å²) in [6.45, 7) is 2.11. The first kappa shape index (κ1) is 11.5. The first-order chi connectivity index (χ1) is 7.47. The predicted octanol–water partition coefficient (Wildman–Crippen LogP) is 3.27. The minimum Gasteiger partial charge on any atom is -0.310 e. The van der Waals surface area contributed by atoms with Crippen LogP contribution >= 0.6 is 0 Å². The summed E-state index contributed by atoms with van der Waals surface area (Å²) in [6.07, 6.45) is -2.10. The summed E-state index contributed by atoms with van der Waals surface area (Å²) in [6, 6.07) is 4.70. The van der Waals surface area contributed by atoms with Crippen molar-refractivity contribution in [3.8, 4) is 0 Å². The fourth-order valence-corrected chi connectivity index (χ4v) is 1.69. The summed E-state index contributed by atoms with van der Waals surface area (Å²) in [5, 5.41) is 3.11. The molecular formula is C12H14F3N. The number of aryl methyl sites for hydroxylation is 1. The van der Waals surface area contributed by atoms with Crippen molar-refractivity contribution in [2.45, 2.75) is 38.5 Å². The summed E-state index contributed by atoms with van der Waals surface area (Å²) in [5.74, 6) is 0. The third kappa shape index (κ3) is 2.76. The third-order valence-corrected chi connectivity index (χ3v) is 2.72. The zero-order valence-electron chi connectivity index (χ0n) is 9.06. The highest BCUT2D eigenvalue weighted by atomic mass is 19.4. The molecule has 0 radical (unpaired) electrons. The molecule has 1 N–H and O–H groups in total. The molecule has 0 unspecified atom stereocenters. The summed E-state index contributed by atoms with van der Waals surface area (Å²) >= 11 is 0. The Morgan fingerprint density at radius 2 is 2.00 bits per heavy atom. The van der Waals surface area contributed by atoms with E-state index in [-0.39, 0.29) is 0 Å². The molecule has 1 aromatic rings. The fourth-order valence-electron chi connectivity index (χ4n) is 1.69. The van der Waals surface area contributed by atoms with Gasteiger partial charge in [0, 0.05) is 12.6 Å². The van der Waals surface area contributed by atoms with Crippen LogP contribution in [0.3, 0.4) is 0 Å². The van der Waals surface area contributed by atoms with Gasteiger partial charge in [-0.15, -0.1) is 0 Å². The summed E-state index contributed by atoms with van der Waals surface area (Å²) in [5.41, 5.74) is 0.686. The molecule has 1 aliphatic carbocycles. The molecule has 0 saturated heterocycles. The van der Waals surface area contributed by atoms with Crippen LogP contribution in [0.15, 0.2) is 18.2 Å². The van der Waals surface area contributed by atoms with Crippen molar-refractivity contribution in [3.63, 3.8) is 0 Å². The van der Waals surface area contributed by atoms with Crippen LogP contribution in [0.5, 0.6) is 0 Å². The highest BCUT2D eigenvalue weighted by molar-refractivity contribution is 5.33. The maximum absolute atomic E-state index is 12.7. The number of hydrogen-bond acceptors (Lipinski definition) is 1. The van der Waals surface area contributed by atoms with Gasteiger partial charge in [0.25, 0.3) is 0 Å². The lowest BCUT2D eigenvalue weighted by Gasteiger charge is -2.14. The van der Waals surface area contributed by atoms with Crippen LogP contribution in [0, 0.1) is 6.92 Å². The Kier molecular flexibility index (Phi) is 2.93. The monoisotopic (exact) mass is 229 g/mol. The Labute approximate surface area is 92.7 Å². The van der Waals surface area contributed by atoms with Crippen LogP contribution in [0.4, 0.5) is 13.2 Å². The minimum atomic E-state index is -4.26. The summed E-state index contributed by atoms with van der Waals surface area (Å²) in [4.78, 5) is 0. The van der Waals surface area contributed by atoms with E-state index in [4.69, 9.17) is 0 Å². The van der Waals surface area contributed by atoms with E-state index in [0.717, 1.165) is 18.4 Å². The fraction of sp³-hybridized carbons (Fsp3) is 0.500. The number of rotatable bonds is 3. The van der Waals surface area contributed by atoms with E-state index in [2.05, 4.69) is 5.32 Å². The van der Waals surface area contributed by atoms with E-state index in [1.165, 1.54) is 12.1 Å².